The van der Waals surface area contributed by atoms with Crippen molar-refractivity contribution in [3.05, 3.63) is 56.2 Å². The molecule has 0 aliphatic heterocycles. The second kappa shape index (κ2) is 5.91. The van der Waals surface area contributed by atoms with Crippen LogP contribution >= 0.6 is 27.3 Å². The number of hydrogen-bond acceptors (Lipinski definition) is 2. The number of nitrogens with one attached hydrogen (secondary N) is 1. The maximum Gasteiger partial charge on any atom is 0.126 e. The van der Waals surface area contributed by atoms with Crippen molar-refractivity contribution in [2.45, 2.75) is 19.5 Å². The van der Waals surface area contributed by atoms with Crippen LogP contribution < -0.4 is 5.32 Å². The van der Waals surface area contributed by atoms with Crippen LogP contribution in [-0.4, -0.2) is 0 Å². The summed E-state index contributed by atoms with van der Waals surface area (Å²) in [5.74, 6) is -1.09. The van der Waals surface area contributed by atoms with Crippen LogP contribution in [-0.2, 0) is 6.54 Å². The molecule has 2 rings (SSSR count). The molecule has 1 aromatic heterocycles. The Morgan fingerprint density at radius 3 is 2.50 bits per heavy atom. The second-order valence-corrected chi connectivity index (χ2v) is 5.85. The number of hydrogen-bond donors (Lipinski definition) is 1. The van der Waals surface area contributed by atoms with Crippen LogP contribution in [0.25, 0.3) is 0 Å². The van der Waals surface area contributed by atoms with Crippen LogP contribution in [0.2, 0.25) is 0 Å². The van der Waals surface area contributed by atoms with Crippen molar-refractivity contribution < 1.29 is 8.78 Å². The third-order valence-corrected chi connectivity index (χ3v) is 4.57. The quantitative estimate of drug-likeness (QED) is 0.860. The average Bonchev–Trinajstić information content (AvgIpc) is 2.70. The molecule has 0 bridgehead atoms. The zero-order valence-corrected chi connectivity index (χ0v) is 12.1. The van der Waals surface area contributed by atoms with Crippen LogP contribution in [0.15, 0.2) is 34.1 Å². The van der Waals surface area contributed by atoms with Gasteiger partial charge in [0.2, 0.25) is 0 Å². The molecule has 1 nitrogen and oxygen atoms in total. The summed E-state index contributed by atoms with van der Waals surface area (Å²) >= 11 is 5.08. The molecule has 0 spiro atoms. The van der Waals surface area contributed by atoms with Gasteiger partial charge in [0.25, 0.3) is 0 Å². The van der Waals surface area contributed by atoms with E-state index in [1.807, 2.05) is 18.4 Å². The molecular formula is C13H12BrF2NS. The summed E-state index contributed by atoms with van der Waals surface area (Å²) in [5.41, 5.74) is 0.611. The van der Waals surface area contributed by atoms with Gasteiger partial charge in [0.05, 0.1) is 0 Å². The third kappa shape index (κ3) is 3.37. The molecule has 0 saturated carbocycles. The molecule has 0 fully saturated rings. The molecule has 0 saturated heterocycles. The first-order chi connectivity index (χ1) is 8.56. The summed E-state index contributed by atoms with van der Waals surface area (Å²) in [5, 5.41) is 5.24. The van der Waals surface area contributed by atoms with E-state index < -0.39 is 11.6 Å². The maximum atomic E-state index is 13.1. The average molecular weight is 332 g/mol. The molecule has 96 valence electrons. The monoisotopic (exact) mass is 331 g/mol. The van der Waals surface area contributed by atoms with Gasteiger partial charge in [-0.1, -0.05) is 0 Å². The highest BCUT2D eigenvalue weighted by molar-refractivity contribution is 9.10. The number of halogens is 3. The Balaban J connectivity index is 2.03. The van der Waals surface area contributed by atoms with E-state index in [2.05, 4.69) is 21.2 Å². The molecule has 1 heterocycles. The van der Waals surface area contributed by atoms with Gasteiger partial charge >= 0.3 is 0 Å². The van der Waals surface area contributed by atoms with Crippen LogP contribution in [0.1, 0.15) is 23.4 Å². The van der Waals surface area contributed by atoms with Crippen molar-refractivity contribution in [2.24, 2.45) is 0 Å². The standard InChI is InChI=1S/C13H12BrF2NS/c1-8(9-4-10(15)6-11(16)5-9)17-7-13-12(14)2-3-18-13/h2-6,8,17H,7H2,1H3. The summed E-state index contributed by atoms with van der Waals surface area (Å²) in [6.45, 7) is 2.55. The summed E-state index contributed by atoms with van der Waals surface area (Å²) in [4.78, 5) is 1.17. The van der Waals surface area contributed by atoms with Gasteiger partial charge in [-0.3, -0.25) is 0 Å². The zero-order chi connectivity index (χ0) is 13.1. The highest BCUT2D eigenvalue weighted by atomic mass is 79.9. The SMILES string of the molecule is CC(NCc1sccc1Br)c1cc(F)cc(F)c1. The Kier molecular flexibility index (Phi) is 4.48. The van der Waals surface area contributed by atoms with Crippen molar-refractivity contribution in [3.63, 3.8) is 0 Å². The Labute approximate surface area is 117 Å². The van der Waals surface area contributed by atoms with Gasteiger partial charge in [-0.15, -0.1) is 11.3 Å². The molecule has 0 radical (unpaired) electrons. The fraction of sp³-hybridized carbons (Fsp3) is 0.231. The minimum absolute atomic E-state index is 0.107. The van der Waals surface area contributed by atoms with Gasteiger partial charge in [0.15, 0.2) is 0 Å². The smallest absolute Gasteiger partial charge is 0.126 e. The molecule has 0 aliphatic rings. The minimum atomic E-state index is -0.545. The predicted molar refractivity (Wildman–Crippen MR) is 73.6 cm³/mol. The number of rotatable bonds is 4. The maximum absolute atomic E-state index is 13.1. The molecule has 2 aromatic rings. The van der Waals surface area contributed by atoms with Crippen LogP contribution in [0.5, 0.6) is 0 Å². The highest BCUT2D eigenvalue weighted by Crippen LogP contribution is 2.23. The molecule has 1 atom stereocenters. The van der Waals surface area contributed by atoms with Gasteiger partial charge in [-0.2, -0.15) is 0 Å². The lowest BCUT2D eigenvalue weighted by Crippen LogP contribution is -2.18. The first-order valence-corrected chi connectivity index (χ1v) is 7.15. The molecule has 0 aliphatic carbocycles. The Morgan fingerprint density at radius 2 is 1.94 bits per heavy atom. The van der Waals surface area contributed by atoms with Crippen molar-refractivity contribution in [2.75, 3.05) is 0 Å². The van der Waals surface area contributed by atoms with E-state index in [0.29, 0.717) is 12.1 Å². The van der Waals surface area contributed by atoms with Crippen molar-refractivity contribution >= 4 is 27.3 Å². The van der Waals surface area contributed by atoms with Crippen LogP contribution in [0.3, 0.4) is 0 Å². The van der Waals surface area contributed by atoms with E-state index in [0.717, 1.165) is 10.5 Å². The highest BCUT2D eigenvalue weighted by Gasteiger charge is 2.09. The summed E-state index contributed by atoms with van der Waals surface area (Å²) in [6, 6.07) is 5.46. The second-order valence-electron chi connectivity index (χ2n) is 4.00. The lowest BCUT2D eigenvalue weighted by Gasteiger charge is -2.14. The zero-order valence-electron chi connectivity index (χ0n) is 9.71. The first kappa shape index (κ1) is 13.6. The molecule has 18 heavy (non-hydrogen) atoms. The van der Waals surface area contributed by atoms with Gasteiger partial charge < -0.3 is 5.32 Å². The van der Waals surface area contributed by atoms with E-state index in [4.69, 9.17) is 0 Å². The van der Waals surface area contributed by atoms with Gasteiger partial charge in [-0.25, -0.2) is 8.78 Å². The van der Waals surface area contributed by atoms with Crippen molar-refractivity contribution in [1.29, 1.82) is 0 Å². The molecule has 1 unspecified atom stereocenters. The predicted octanol–water partition coefficient (Wildman–Crippen LogP) is 4.64. The van der Waals surface area contributed by atoms with E-state index in [1.165, 1.54) is 17.0 Å². The van der Waals surface area contributed by atoms with Gasteiger partial charge in [0, 0.05) is 28.0 Å². The summed E-state index contributed by atoms with van der Waals surface area (Å²) < 4.78 is 27.2. The fourth-order valence-electron chi connectivity index (χ4n) is 1.64. The number of benzene rings is 1. The summed E-state index contributed by atoms with van der Waals surface area (Å²) in [6.07, 6.45) is 0. The lowest BCUT2D eigenvalue weighted by atomic mass is 10.1. The van der Waals surface area contributed by atoms with E-state index in [9.17, 15) is 8.78 Å². The molecular weight excluding hydrogens is 320 g/mol. The normalized spacial score (nSPS) is 12.7. The van der Waals surface area contributed by atoms with Crippen LogP contribution in [0.4, 0.5) is 8.78 Å². The van der Waals surface area contributed by atoms with Gasteiger partial charge in [-0.05, 0) is 52.0 Å². The third-order valence-electron chi connectivity index (χ3n) is 2.64. The fourth-order valence-corrected chi connectivity index (χ4v) is 3.08. The van der Waals surface area contributed by atoms with E-state index in [-0.39, 0.29) is 6.04 Å². The van der Waals surface area contributed by atoms with Gasteiger partial charge in [0.1, 0.15) is 11.6 Å². The molecule has 1 aromatic carbocycles. The largest absolute Gasteiger partial charge is 0.305 e. The molecule has 1 N–H and O–H groups in total. The van der Waals surface area contributed by atoms with Crippen molar-refractivity contribution in [1.82, 2.24) is 5.32 Å². The Bertz CT molecular complexity index is 521. The van der Waals surface area contributed by atoms with E-state index >= 15 is 0 Å². The molecule has 5 heteroatoms. The van der Waals surface area contributed by atoms with Crippen molar-refractivity contribution in [3.8, 4) is 0 Å². The van der Waals surface area contributed by atoms with Crippen LogP contribution in [0, 0.1) is 11.6 Å². The topological polar surface area (TPSA) is 12.0 Å². The Hall–Kier alpha value is -0.780. The minimum Gasteiger partial charge on any atom is -0.305 e. The van der Waals surface area contributed by atoms with E-state index in [1.54, 1.807) is 11.3 Å². The number of thiophene rings is 1. The Morgan fingerprint density at radius 1 is 1.28 bits per heavy atom. The first-order valence-electron chi connectivity index (χ1n) is 5.47. The summed E-state index contributed by atoms with van der Waals surface area (Å²) in [7, 11) is 0. The lowest BCUT2D eigenvalue weighted by molar-refractivity contribution is 0.547. The molecule has 0 amide bonds.